The van der Waals surface area contributed by atoms with Gasteiger partial charge >= 0.3 is 0 Å². The van der Waals surface area contributed by atoms with E-state index in [9.17, 15) is 4.79 Å². The van der Waals surface area contributed by atoms with Crippen LogP contribution in [0.4, 0.5) is 0 Å². The van der Waals surface area contributed by atoms with Gasteiger partial charge < -0.3 is 14.8 Å². The molecule has 0 spiro atoms. The lowest BCUT2D eigenvalue weighted by Crippen LogP contribution is -2.40. The predicted molar refractivity (Wildman–Crippen MR) is 103 cm³/mol. The van der Waals surface area contributed by atoms with E-state index >= 15 is 0 Å². The summed E-state index contributed by atoms with van der Waals surface area (Å²) in [4.78, 5) is 14.7. The lowest BCUT2D eigenvalue weighted by Gasteiger charge is -2.29. The minimum absolute atomic E-state index is 0.0229. The molecular weight excluding hydrogens is 344 g/mol. The summed E-state index contributed by atoms with van der Waals surface area (Å²) in [6.07, 6.45) is 2.84. The Morgan fingerprint density at radius 3 is 2.52 bits per heavy atom. The summed E-state index contributed by atoms with van der Waals surface area (Å²) in [5.74, 6) is 1.50. The van der Waals surface area contributed by atoms with Gasteiger partial charge in [0.1, 0.15) is 0 Å². The summed E-state index contributed by atoms with van der Waals surface area (Å²) < 4.78 is 12.6. The third kappa shape index (κ3) is 4.24. The number of nitrogens with one attached hydrogen (secondary N) is 1. The first-order chi connectivity index (χ1) is 12.9. The van der Waals surface area contributed by atoms with Crippen LogP contribution in [-0.4, -0.2) is 47.9 Å². The Hall–Kier alpha value is -2.54. The molecule has 2 aromatic rings. The van der Waals surface area contributed by atoms with E-state index in [0.717, 1.165) is 42.3 Å². The van der Waals surface area contributed by atoms with Gasteiger partial charge in [-0.05, 0) is 43.5 Å². The highest BCUT2D eigenvalue weighted by Gasteiger charge is 2.22. The molecule has 1 aliphatic heterocycles. The van der Waals surface area contributed by atoms with Crippen LogP contribution >= 0.6 is 0 Å². The molecule has 0 aliphatic carbocycles. The molecule has 1 aromatic heterocycles. The van der Waals surface area contributed by atoms with Crippen LogP contribution in [-0.2, 0) is 24.8 Å². The third-order valence-electron chi connectivity index (χ3n) is 5.06. The van der Waals surface area contributed by atoms with Gasteiger partial charge in [0.05, 0.1) is 32.5 Å². The zero-order valence-electron chi connectivity index (χ0n) is 16.7. The average molecular weight is 372 g/mol. The van der Waals surface area contributed by atoms with Crippen LogP contribution < -0.4 is 14.8 Å². The molecule has 0 bridgehead atoms. The summed E-state index contributed by atoms with van der Waals surface area (Å²) in [6, 6.07) is 3.99. The monoisotopic (exact) mass is 372 g/mol. The molecule has 1 N–H and O–H groups in total. The van der Waals surface area contributed by atoms with E-state index in [2.05, 4.69) is 15.3 Å². The molecule has 0 radical (unpaired) electrons. The molecule has 1 aromatic carbocycles. The normalized spacial score (nSPS) is 15.1. The quantitative estimate of drug-likeness (QED) is 0.840. The summed E-state index contributed by atoms with van der Waals surface area (Å²) in [6.45, 7) is 5.89. The first-order valence-electron chi connectivity index (χ1n) is 9.17. The molecule has 1 aliphatic rings. The number of carbonyl (C=O) groups excluding carboxylic acids is 1. The van der Waals surface area contributed by atoms with Gasteiger partial charge in [-0.15, -0.1) is 0 Å². The fraction of sp³-hybridized carbons (Fsp3) is 0.500. The van der Waals surface area contributed by atoms with E-state index in [1.807, 2.05) is 39.2 Å². The van der Waals surface area contributed by atoms with Gasteiger partial charge in [0.15, 0.2) is 11.5 Å². The van der Waals surface area contributed by atoms with Crippen molar-refractivity contribution in [1.82, 2.24) is 20.0 Å². The first-order valence-corrected chi connectivity index (χ1v) is 9.17. The number of amides is 1. The Morgan fingerprint density at radius 2 is 1.93 bits per heavy atom. The second-order valence-corrected chi connectivity index (χ2v) is 7.07. The maximum absolute atomic E-state index is 12.5. The highest BCUT2D eigenvalue weighted by Crippen LogP contribution is 2.33. The second-order valence-electron chi connectivity index (χ2n) is 7.07. The van der Waals surface area contributed by atoms with E-state index in [1.54, 1.807) is 18.9 Å². The van der Waals surface area contributed by atoms with E-state index in [4.69, 9.17) is 9.47 Å². The zero-order valence-corrected chi connectivity index (χ0v) is 16.7. The molecule has 7 nitrogen and oxygen atoms in total. The molecule has 0 unspecified atom stereocenters. The number of carbonyl (C=O) groups is 1. The lowest BCUT2D eigenvalue weighted by atomic mass is 9.99. The summed E-state index contributed by atoms with van der Waals surface area (Å²) in [5, 5.41) is 7.43. The Bertz CT molecular complexity index is 831. The Labute approximate surface area is 160 Å². The second kappa shape index (κ2) is 8.00. The number of aromatic nitrogens is 2. The lowest BCUT2D eigenvalue weighted by molar-refractivity contribution is -0.123. The minimum Gasteiger partial charge on any atom is -0.493 e. The van der Waals surface area contributed by atoms with Crippen molar-refractivity contribution in [2.45, 2.75) is 32.9 Å². The van der Waals surface area contributed by atoms with Crippen molar-refractivity contribution in [2.75, 3.05) is 27.3 Å². The Morgan fingerprint density at radius 1 is 1.26 bits per heavy atom. The number of nitrogens with zero attached hydrogens (tertiary/aromatic N) is 3. The van der Waals surface area contributed by atoms with E-state index < -0.39 is 0 Å². The summed E-state index contributed by atoms with van der Waals surface area (Å²) in [5.41, 5.74) is 4.43. The van der Waals surface area contributed by atoms with Crippen LogP contribution in [0.15, 0.2) is 18.3 Å². The van der Waals surface area contributed by atoms with Crippen LogP contribution in [0, 0.1) is 6.92 Å². The Balaban J connectivity index is 1.62. The molecule has 0 saturated carbocycles. The van der Waals surface area contributed by atoms with Crippen LogP contribution in [0.3, 0.4) is 0 Å². The van der Waals surface area contributed by atoms with Gasteiger partial charge in [0.2, 0.25) is 5.91 Å². The fourth-order valence-electron chi connectivity index (χ4n) is 3.69. The third-order valence-corrected chi connectivity index (χ3v) is 5.06. The number of ether oxygens (including phenoxy) is 2. The van der Waals surface area contributed by atoms with E-state index in [0.29, 0.717) is 6.54 Å². The van der Waals surface area contributed by atoms with Gasteiger partial charge in [-0.3, -0.25) is 14.4 Å². The van der Waals surface area contributed by atoms with Crippen LogP contribution in [0.5, 0.6) is 11.5 Å². The van der Waals surface area contributed by atoms with Crippen LogP contribution in [0.25, 0.3) is 0 Å². The van der Waals surface area contributed by atoms with Crippen molar-refractivity contribution < 1.29 is 14.3 Å². The molecule has 1 amide bonds. The molecule has 146 valence electrons. The largest absolute Gasteiger partial charge is 0.493 e. The number of benzene rings is 1. The molecular formula is C20H28N4O3. The molecule has 0 fully saturated rings. The number of hydrogen-bond acceptors (Lipinski definition) is 5. The Kier molecular flexibility index (Phi) is 5.70. The maximum atomic E-state index is 12.5. The van der Waals surface area contributed by atoms with Crippen molar-refractivity contribution in [3.63, 3.8) is 0 Å². The maximum Gasteiger partial charge on any atom is 0.234 e. The SMILES string of the molecule is COc1cc2c(cc1OC)CN(CC(=O)N[C@H](C)c1cn(C)nc1C)CC2. The van der Waals surface area contributed by atoms with Gasteiger partial charge in [-0.2, -0.15) is 5.10 Å². The van der Waals surface area contributed by atoms with Crippen molar-refractivity contribution in [3.8, 4) is 11.5 Å². The van der Waals surface area contributed by atoms with Crippen LogP contribution in [0.1, 0.15) is 35.3 Å². The number of rotatable bonds is 6. The first kappa shape index (κ1) is 19.2. The number of methoxy groups -OCH3 is 2. The average Bonchev–Trinajstić information content (AvgIpc) is 2.98. The molecule has 7 heteroatoms. The topological polar surface area (TPSA) is 68.6 Å². The highest BCUT2D eigenvalue weighted by molar-refractivity contribution is 5.78. The van der Waals surface area contributed by atoms with Crippen molar-refractivity contribution in [2.24, 2.45) is 7.05 Å². The van der Waals surface area contributed by atoms with Crippen LogP contribution in [0.2, 0.25) is 0 Å². The standard InChI is InChI=1S/C20H28N4O3/c1-13(17-11-23(3)22-14(17)2)21-20(25)12-24-7-6-15-8-18(26-4)19(27-5)9-16(15)10-24/h8-9,11,13H,6-7,10,12H2,1-5H3,(H,21,25)/t13-/m1/s1. The molecule has 2 heterocycles. The van der Waals surface area contributed by atoms with Gasteiger partial charge in [-0.1, -0.05) is 0 Å². The molecule has 1 atom stereocenters. The number of fused-ring (bicyclic) bond motifs is 1. The smallest absolute Gasteiger partial charge is 0.234 e. The van der Waals surface area contributed by atoms with Gasteiger partial charge in [0.25, 0.3) is 0 Å². The molecule has 3 rings (SSSR count). The number of aryl methyl sites for hydroxylation is 2. The van der Waals surface area contributed by atoms with Crippen molar-refractivity contribution in [1.29, 1.82) is 0 Å². The van der Waals surface area contributed by atoms with E-state index in [1.165, 1.54) is 11.1 Å². The summed E-state index contributed by atoms with van der Waals surface area (Å²) in [7, 11) is 5.18. The van der Waals surface area contributed by atoms with Gasteiger partial charge in [-0.25, -0.2) is 0 Å². The zero-order chi connectivity index (χ0) is 19.6. The van der Waals surface area contributed by atoms with Crippen molar-refractivity contribution in [3.05, 3.63) is 40.7 Å². The molecule has 0 saturated heterocycles. The predicted octanol–water partition coefficient (Wildman–Crippen LogP) is 1.98. The van der Waals surface area contributed by atoms with Crippen molar-refractivity contribution >= 4 is 5.91 Å². The van der Waals surface area contributed by atoms with Gasteiger partial charge in [0, 0.05) is 31.9 Å². The summed E-state index contributed by atoms with van der Waals surface area (Å²) >= 11 is 0. The highest BCUT2D eigenvalue weighted by atomic mass is 16.5. The number of hydrogen-bond donors (Lipinski definition) is 1. The minimum atomic E-state index is -0.0624. The fourth-order valence-corrected chi connectivity index (χ4v) is 3.69. The van der Waals surface area contributed by atoms with E-state index in [-0.39, 0.29) is 11.9 Å². The molecule has 27 heavy (non-hydrogen) atoms.